The third-order valence-corrected chi connectivity index (χ3v) is 3.53. The summed E-state index contributed by atoms with van der Waals surface area (Å²) in [5.41, 5.74) is 2.27. The second-order valence-corrected chi connectivity index (χ2v) is 5.81. The van der Waals surface area contributed by atoms with E-state index in [0.717, 1.165) is 5.57 Å². The number of hydrogen-bond donors (Lipinski definition) is 0. The lowest BCUT2D eigenvalue weighted by Gasteiger charge is -2.38. The Kier molecular flexibility index (Phi) is 5.67. The summed E-state index contributed by atoms with van der Waals surface area (Å²) in [4.78, 5) is 0. The predicted molar refractivity (Wildman–Crippen MR) is 78.0 cm³/mol. The van der Waals surface area contributed by atoms with E-state index in [4.69, 9.17) is 0 Å². The van der Waals surface area contributed by atoms with Crippen molar-refractivity contribution in [2.45, 2.75) is 54.0 Å². The lowest BCUT2D eigenvalue weighted by molar-refractivity contribution is 0.133. The molecule has 0 fully saturated rings. The lowest BCUT2D eigenvalue weighted by Crippen LogP contribution is -2.41. The molecule has 0 aromatic carbocycles. The highest BCUT2D eigenvalue weighted by Gasteiger charge is 2.28. The molecule has 0 atom stereocenters. The first-order chi connectivity index (χ1) is 7.64. The average molecular weight is 236 g/mol. The highest BCUT2D eigenvalue weighted by molar-refractivity contribution is 5.29. The van der Waals surface area contributed by atoms with E-state index in [1.807, 2.05) is 11.9 Å². The Morgan fingerprint density at radius 3 is 1.94 bits per heavy atom. The van der Waals surface area contributed by atoms with E-state index in [1.165, 1.54) is 5.57 Å². The van der Waals surface area contributed by atoms with Crippen molar-refractivity contribution in [3.63, 3.8) is 0 Å². The Bertz CT molecular complexity index is 309. The SMILES string of the molecule is C=NN(/C=C(\C(=C)C)C(C)C)C(C)(C)C(C)C. The fraction of sp³-hybridized carbons (Fsp3) is 0.667. The first-order valence-electron chi connectivity index (χ1n) is 6.28. The molecule has 0 aromatic heterocycles. The summed E-state index contributed by atoms with van der Waals surface area (Å²) in [6.07, 6.45) is 2.08. The Hall–Kier alpha value is -1.05. The van der Waals surface area contributed by atoms with Gasteiger partial charge >= 0.3 is 0 Å². The predicted octanol–water partition coefficient (Wildman–Crippen LogP) is 4.45. The van der Waals surface area contributed by atoms with Crippen LogP contribution in [0.3, 0.4) is 0 Å². The van der Waals surface area contributed by atoms with E-state index in [2.05, 4.69) is 66.1 Å². The molecule has 0 saturated carbocycles. The van der Waals surface area contributed by atoms with Crippen molar-refractivity contribution in [3.8, 4) is 0 Å². The maximum atomic E-state index is 4.15. The Labute approximate surface area is 107 Å². The highest BCUT2D eigenvalue weighted by Crippen LogP contribution is 2.27. The fourth-order valence-electron chi connectivity index (χ4n) is 1.54. The number of hydrazone groups is 1. The van der Waals surface area contributed by atoms with Gasteiger partial charge in [-0.3, -0.25) is 5.01 Å². The monoisotopic (exact) mass is 236 g/mol. The second-order valence-electron chi connectivity index (χ2n) is 5.81. The molecule has 2 nitrogen and oxygen atoms in total. The van der Waals surface area contributed by atoms with Crippen LogP contribution in [0.2, 0.25) is 0 Å². The van der Waals surface area contributed by atoms with Gasteiger partial charge in [0, 0.05) is 12.9 Å². The van der Waals surface area contributed by atoms with Gasteiger partial charge in [-0.1, -0.05) is 39.8 Å². The third kappa shape index (κ3) is 4.03. The summed E-state index contributed by atoms with van der Waals surface area (Å²) in [6, 6.07) is 0. The summed E-state index contributed by atoms with van der Waals surface area (Å²) in [5.74, 6) is 0.933. The topological polar surface area (TPSA) is 15.6 Å². The van der Waals surface area contributed by atoms with E-state index in [1.54, 1.807) is 0 Å². The van der Waals surface area contributed by atoms with Gasteiger partial charge in [0.15, 0.2) is 0 Å². The zero-order chi connectivity index (χ0) is 13.8. The van der Waals surface area contributed by atoms with Crippen LogP contribution in [0.25, 0.3) is 0 Å². The summed E-state index contributed by atoms with van der Waals surface area (Å²) < 4.78 is 0. The molecule has 0 aromatic rings. The molecule has 2 heteroatoms. The normalized spacial score (nSPS) is 13.1. The Morgan fingerprint density at radius 1 is 1.24 bits per heavy atom. The van der Waals surface area contributed by atoms with Crippen LogP contribution in [-0.4, -0.2) is 17.3 Å². The molecule has 0 radical (unpaired) electrons. The van der Waals surface area contributed by atoms with Crippen LogP contribution < -0.4 is 0 Å². The van der Waals surface area contributed by atoms with Gasteiger partial charge in [-0.25, -0.2) is 0 Å². The zero-order valence-corrected chi connectivity index (χ0v) is 12.5. The molecule has 0 amide bonds. The summed E-state index contributed by atoms with van der Waals surface area (Å²) in [6.45, 7) is 22.8. The van der Waals surface area contributed by atoms with E-state index in [0.29, 0.717) is 11.8 Å². The summed E-state index contributed by atoms with van der Waals surface area (Å²) in [7, 11) is 0. The van der Waals surface area contributed by atoms with Crippen LogP contribution >= 0.6 is 0 Å². The van der Waals surface area contributed by atoms with Crippen LogP contribution in [0.1, 0.15) is 48.5 Å². The smallest absolute Gasteiger partial charge is 0.0594 e. The Balaban J connectivity index is 5.35. The molecular formula is C15H28N2. The van der Waals surface area contributed by atoms with Crippen molar-refractivity contribution in [2.75, 3.05) is 0 Å². The Morgan fingerprint density at radius 2 is 1.71 bits per heavy atom. The largest absolute Gasteiger partial charge is 0.267 e. The van der Waals surface area contributed by atoms with Gasteiger partial charge in [-0.2, -0.15) is 5.10 Å². The van der Waals surface area contributed by atoms with Crippen LogP contribution in [0.5, 0.6) is 0 Å². The molecule has 0 spiro atoms. The van der Waals surface area contributed by atoms with Crippen LogP contribution in [0, 0.1) is 11.8 Å². The standard InChI is InChI=1S/C15H28N2/c1-11(2)14(12(3)4)10-17(16-9)15(7,8)13(5)6/h10,12-13H,1,9H2,2-8H3/b14-10+. The van der Waals surface area contributed by atoms with Crippen LogP contribution in [-0.2, 0) is 0 Å². The second kappa shape index (κ2) is 6.04. The van der Waals surface area contributed by atoms with Crippen molar-refractivity contribution >= 4 is 6.72 Å². The van der Waals surface area contributed by atoms with E-state index in [9.17, 15) is 0 Å². The maximum Gasteiger partial charge on any atom is 0.0594 e. The number of nitrogens with zero attached hydrogens (tertiary/aromatic N) is 2. The lowest BCUT2D eigenvalue weighted by atomic mass is 9.89. The third-order valence-electron chi connectivity index (χ3n) is 3.53. The molecule has 0 bridgehead atoms. The molecule has 0 unspecified atom stereocenters. The minimum Gasteiger partial charge on any atom is -0.267 e. The number of hydrogen-bond acceptors (Lipinski definition) is 2. The van der Waals surface area contributed by atoms with Crippen molar-refractivity contribution in [1.82, 2.24) is 5.01 Å². The maximum absolute atomic E-state index is 4.15. The van der Waals surface area contributed by atoms with Gasteiger partial charge in [-0.05, 0) is 38.2 Å². The molecule has 0 aliphatic heterocycles. The van der Waals surface area contributed by atoms with Crippen molar-refractivity contribution in [1.29, 1.82) is 0 Å². The quantitative estimate of drug-likeness (QED) is 0.378. The first-order valence-corrected chi connectivity index (χ1v) is 6.28. The molecule has 0 rings (SSSR count). The van der Waals surface area contributed by atoms with Gasteiger partial charge in [0.2, 0.25) is 0 Å². The molecule has 0 heterocycles. The zero-order valence-electron chi connectivity index (χ0n) is 12.5. The van der Waals surface area contributed by atoms with E-state index >= 15 is 0 Å². The van der Waals surface area contributed by atoms with Crippen molar-refractivity contribution < 1.29 is 0 Å². The van der Waals surface area contributed by atoms with Gasteiger partial charge in [0.1, 0.15) is 0 Å². The molecule has 98 valence electrons. The number of allylic oxidation sites excluding steroid dienone is 2. The van der Waals surface area contributed by atoms with Crippen molar-refractivity contribution in [2.24, 2.45) is 16.9 Å². The van der Waals surface area contributed by atoms with Crippen molar-refractivity contribution in [3.05, 3.63) is 23.9 Å². The summed E-state index contributed by atoms with van der Waals surface area (Å²) >= 11 is 0. The molecule has 0 aliphatic carbocycles. The van der Waals surface area contributed by atoms with Gasteiger partial charge < -0.3 is 0 Å². The molecule has 0 aliphatic rings. The molecule has 17 heavy (non-hydrogen) atoms. The number of rotatable bonds is 6. The highest BCUT2D eigenvalue weighted by atomic mass is 15.5. The first kappa shape index (κ1) is 16.0. The van der Waals surface area contributed by atoms with Gasteiger partial charge in [0.05, 0.1) is 5.54 Å². The molecule has 0 N–H and O–H groups in total. The minimum absolute atomic E-state index is 0.0443. The average Bonchev–Trinajstić information content (AvgIpc) is 2.16. The van der Waals surface area contributed by atoms with E-state index in [-0.39, 0.29) is 5.54 Å². The van der Waals surface area contributed by atoms with Gasteiger partial charge in [-0.15, -0.1) is 0 Å². The van der Waals surface area contributed by atoms with Gasteiger partial charge in [0.25, 0.3) is 0 Å². The molecule has 0 saturated heterocycles. The van der Waals surface area contributed by atoms with Crippen LogP contribution in [0.15, 0.2) is 29.0 Å². The van der Waals surface area contributed by atoms with Crippen LogP contribution in [0.4, 0.5) is 0 Å². The summed E-state index contributed by atoms with van der Waals surface area (Å²) in [5, 5.41) is 6.11. The molecular weight excluding hydrogens is 208 g/mol. The minimum atomic E-state index is -0.0443. The fourth-order valence-corrected chi connectivity index (χ4v) is 1.54. The van der Waals surface area contributed by atoms with E-state index < -0.39 is 0 Å².